The lowest BCUT2D eigenvalue weighted by molar-refractivity contribution is -0.394. The molecule has 1 unspecified atom stereocenters. The Balaban J connectivity index is 3.17. The van der Waals surface area contributed by atoms with E-state index in [1.165, 1.54) is 0 Å². The molecule has 1 aromatic carbocycles. The quantitative estimate of drug-likeness (QED) is 0.352. The second-order valence-electron chi connectivity index (χ2n) is 3.72. The zero-order chi connectivity index (χ0) is 15.3. The maximum Gasteiger partial charge on any atom is 0.339 e. The molecule has 8 heteroatoms. The Morgan fingerprint density at radius 3 is 2.15 bits per heavy atom. The summed E-state index contributed by atoms with van der Waals surface area (Å²) in [6.07, 6.45) is 4.69. The van der Waals surface area contributed by atoms with Gasteiger partial charge in [0.2, 0.25) is 0 Å². The average molecular weight is 278 g/mol. The first-order valence-corrected chi connectivity index (χ1v) is 5.50. The summed E-state index contributed by atoms with van der Waals surface area (Å²) in [5, 5.41) is 21.4. The van der Waals surface area contributed by atoms with Crippen LogP contribution < -0.4 is 0 Å². The lowest BCUT2D eigenvalue weighted by Crippen LogP contribution is -2.16. The Bertz CT molecular complexity index is 572. The third kappa shape index (κ3) is 3.52. The number of ether oxygens (including phenoxy) is 1. The molecule has 0 amide bonds. The van der Waals surface area contributed by atoms with E-state index in [0.717, 1.165) is 18.2 Å². The van der Waals surface area contributed by atoms with Gasteiger partial charge >= 0.3 is 5.97 Å². The van der Waals surface area contributed by atoms with E-state index in [4.69, 9.17) is 11.2 Å². The molecule has 20 heavy (non-hydrogen) atoms. The van der Waals surface area contributed by atoms with E-state index >= 15 is 0 Å². The molecule has 8 nitrogen and oxygen atoms in total. The molecule has 0 saturated heterocycles. The van der Waals surface area contributed by atoms with Crippen molar-refractivity contribution in [3.63, 3.8) is 0 Å². The van der Waals surface area contributed by atoms with Crippen molar-refractivity contribution in [3.8, 4) is 12.3 Å². The van der Waals surface area contributed by atoms with Crippen molar-refractivity contribution in [2.45, 2.75) is 19.4 Å². The Kier molecular flexibility index (Phi) is 4.75. The van der Waals surface area contributed by atoms with Crippen molar-refractivity contribution in [3.05, 3.63) is 44.0 Å². The molecule has 0 saturated carbocycles. The Hall–Kier alpha value is -2.95. The van der Waals surface area contributed by atoms with Gasteiger partial charge in [-0.25, -0.2) is 4.79 Å². The molecule has 0 aliphatic carbocycles. The van der Waals surface area contributed by atoms with Crippen molar-refractivity contribution in [1.82, 2.24) is 0 Å². The van der Waals surface area contributed by atoms with E-state index in [2.05, 4.69) is 5.92 Å². The number of esters is 1. The molecule has 0 aromatic heterocycles. The van der Waals surface area contributed by atoms with E-state index in [1.54, 1.807) is 6.92 Å². The monoisotopic (exact) mass is 278 g/mol. The summed E-state index contributed by atoms with van der Waals surface area (Å²) in [4.78, 5) is 31.5. The highest BCUT2D eigenvalue weighted by molar-refractivity contribution is 5.91. The summed E-state index contributed by atoms with van der Waals surface area (Å²) < 4.78 is 4.88. The van der Waals surface area contributed by atoms with Gasteiger partial charge in [-0.15, -0.1) is 6.42 Å². The summed E-state index contributed by atoms with van der Waals surface area (Å²) in [6, 6.07) is 2.56. The van der Waals surface area contributed by atoms with E-state index < -0.39 is 33.3 Å². The Morgan fingerprint density at radius 1 is 1.30 bits per heavy atom. The van der Waals surface area contributed by atoms with Gasteiger partial charge in [0.05, 0.1) is 21.5 Å². The zero-order valence-electron chi connectivity index (χ0n) is 10.4. The standard InChI is InChI=1S/C12H10N2O6/c1-3-11(4-2)20-12(15)8-5-9(13(16)17)7-10(6-8)14(18)19/h1,5-7,11H,4H2,2H3. The molecule has 0 fully saturated rings. The van der Waals surface area contributed by atoms with Crippen LogP contribution in [0.25, 0.3) is 0 Å². The maximum absolute atomic E-state index is 11.8. The summed E-state index contributed by atoms with van der Waals surface area (Å²) in [5.41, 5.74) is -1.43. The van der Waals surface area contributed by atoms with E-state index in [0.29, 0.717) is 6.42 Å². The van der Waals surface area contributed by atoms with Crippen molar-refractivity contribution in [1.29, 1.82) is 0 Å². The molecule has 104 valence electrons. The van der Waals surface area contributed by atoms with E-state index in [9.17, 15) is 25.0 Å². The van der Waals surface area contributed by atoms with Gasteiger partial charge in [-0.3, -0.25) is 20.2 Å². The number of nitrogens with zero attached hydrogens (tertiary/aromatic N) is 2. The minimum absolute atomic E-state index is 0.292. The molecule has 1 rings (SSSR count). The molecule has 0 aliphatic rings. The van der Waals surface area contributed by atoms with Crippen molar-refractivity contribution in [2.75, 3.05) is 0 Å². The summed E-state index contributed by atoms with van der Waals surface area (Å²) in [7, 11) is 0. The van der Waals surface area contributed by atoms with Crippen LogP contribution in [0.1, 0.15) is 23.7 Å². The van der Waals surface area contributed by atoms with Crippen molar-refractivity contribution in [2.24, 2.45) is 0 Å². The third-order valence-corrected chi connectivity index (χ3v) is 2.37. The Morgan fingerprint density at radius 2 is 1.80 bits per heavy atom. The van der Waals surface area contributed by atoms with Crippen LogP contribution in [0.4, 0.5) is 11.4 Å². The third-order valence-electron chi connectivity index (χ3n) is 2.37. The number of carbonyl (C=O) groups excluding carboxylic acids is 1. The first kappa shape index (κ1) is 15.1. The van der Waals surface area contributed by atoms with Crippen LogP contribution in [0.5, 0.6) is 0 Å². The second-order valence-corrected chi connectivity index (χ2v) is 3.72. The van der Waals surface area contributed by atoms with Crippen LogP contribution in [0, 0.1) is 32.6 Å². The minimum atomic E-state index is -0.943. The van der Waals surface area contributed by atoms with Gasteiger partial charge in [0, 0.05) is 12.1 Å². The molecule has 0 spiro atoms. The van der Waals surface area contributed by atoms with E-state index in [-0.39, 0.29) is 5.56 Å². The number of rotatable bonds is 5. The van der Waals surface area contributed by atoms with Gasteiger partial charge in [-0.2, -0.15) is 0 Å². The highest BCUT2D eigenvalue weighted by Crippen LogP contribution is 2.23. The number of nitro groups is 2. The molecular weight excluding hydrogens is 268 g/mol. The number of hydrogen-bond donors (Lipinski definition) is 0. The molecule has 1 atom stereocenters. The topological polar surface area (TPSA) is 113 Å². The molecule has 0 N–H and O–H groups in total. The smallest absolute Gasteiger partial charge is 0.339 e. The van der Waals surface area contributed by atoms with Crippen LogP contribution >= 0.6 is 0 Å². The SMILES string of the molecule is C#CC(CC)OC(=O)c1cc([N+](=O)[O-])cc([N+](=O)[O-])c1. The van der Waals surface area contributed by atoms with Gasteiger partial charge < -0.3 is 4.74 Å². The fraction of sp³-hybridized carbons (Fsp3) is 0.250. The minimum Gasteiger partial charge on any atom is -0.446 e. The van der Waals surface area contributed by atoms with Gasteiger partial charge in [-0.05, 0) is 6.42 Å². The van der Waals surface area contributed by atoms with Crippen molar-refractivity contribution < 1.29 is 19.4 Å². The van der Waals surface area contributed by atoms with Gasteiger partial charge in [0.15, 0.2) is 6.10 Å². The first-order valence-electron chi connectivity index (χ1n) is 5.50. The first-order chi connectivity index (χ1) is 9.38. The van der Waals surface area contributed by atoms with Gasteiger partial charge in [0.25, 0.3) is 11.4 Å². The molecule has 1 aromatic rings. The lowest BCUT2D eigenvalue weighted by Gasteiger charge is -2.09. The number of terminal acetylenes is 1. The number of non-ortho nitro benzene ring substituents is 2. The molecule has 0 radical (unpaired) electrons. The highest BCUT2D eigenvalue weighted by Gasteiger charge is 2.21. The fourth-order valence-corrected chi connectivity index (χ4v) is 1.36. The predicted octanol–water partition coefficient (Wildman–Crippen LogP) is 2.07. The number of carbonyl (C=O) groups is 1. The van der Waals surface area contributed by atoms with Crippen molar-refractivity contribution >= 4 is 17.3 Å². The van der Waals surface area contributed by atoms with Crippen LogP contribution in [-0.2, 0) is 4.74 Å². The summed E-state index contributed by atoms with van der Waals surface area (Å²) >= 11 is 0. The summed E-state index contributed by atoms with van der Waals surface area (Å²) in [5.74, 6) is 1.27. The number of nitro benzene ring substituents is 2. The fourth-order valence-electron chi connectivity index (χ4n) is 1.36. The Labute approximate surface area is 113 Å². The predicted molar refractivity (Wildman–Crippen MR) is 68.1 cm³/mol. The zero-order valence-corrected chi connectivity index (χ0v) is 10.4. The largest absolute Gasteiger partial charge is 0.446 e. The van der Waals surface area contributed by atoms with Crippen LogP contribution in [0.15, 0.2) is 18.2 Å². The maximum atomic E-state index is 11.8. The van der Waals surface area contributed by atoms with Gasteiger partial charge in [-0.1, -0.05) is 12.8 Å². The van der Waals surface area contributed by atoms with Crippen LogP contribution in [-0.4, -0.2) is 21.9 Å². The van der Waals surface area contributed by atoms with Crippen LogP contribution in [0.3, 0.4) is 0 Å². The second kappa shape index (κ2) is 6.29. The van der Waals surface area contributed by atoms with Gasteiger partial charge in [0.1, 0.15) is 0 Å². The normalized spacial score (nSPS) is 11.2. The summed E-state index contributed by atoms with van der Waals surface area (Å²) in [6.45, 7) is 1.69. The average Bonchev–Trinajstić information content (AvgIpc) is 2.43. The highest BCUT2D eigenvalue weighted by atomic mass is 16.6. The number of benzene rings is 1. The van der Waals surface area contributed by atoms with Crippen LogP contribution in [0.2, 0.25) is 0 Å². The molecule has 0 aliphatic heterocycles. The lowest BCUT2D eigenvalue weighted by atomic mass is 10.1. The van der Waals surface area contributed by atoms with E-state index in [1.807, 2.05) is 0 Å². The number of hydrogen-bond acceptors (Lipinski definition) is 6. The molecule has 0 bridgehead atoms. The molecular formula is C12H10N2O6. The molecule has 0 heterocycles.